The van der Waals surface area contributed by atoms with E-state index in [4.69, 9.17) is 4.74 Å². The first-order chi connectivity index (χ1) is 12.9. The van der Waals surface area contributed by atoms with E-state index < -0.39 is 0 Å². The molecule has 0 bridgehead atoms. The Labute approximate surface area is 159 Å². The number of hydrogen-bond acceptors (Lipinski definition) is 6. The Balaban J connectivity index is 1.74. The standard InChI is InChI=1S/C20H26N6O/c1-14-21-8-9-26(14)18-7-6-15(12-23-18)11-22-17-10-16(13-27-5)24-19(25-17)20(2,3)4/h6-10,12H,11,13H2,1-5H3,(H,22,24,25). The predicted molar refractivity (Wildman–Crippen MR) is 105 cm³/mol. The maximum Gasteiger partial charge on any atom is 0.137 e. The van der Waals surface area contributed by atoms with Crippen LogP contribution in [0, 0.1) is 6.92 Å². The van der Waals surface area contributed by atoms with Crippen LogP contribution in [0.4, 0.5) is 5.82 Å². The Bertz CT molecular complexity index is 896. The van der Waals surface area contributed by atoms with Crippen molar-refractivity contribution in [3.63, 3.8) is 0 Å². The molecule has 142 valence electrons. The molecule has 7 heteroatoms. The van der Waals surface area contributed by atoms with E-state index in [9.17, 15) is 0 Å². The third-order valence-electron chi connectivity index (χ3n) is 4.10. The normalized spacial score (nSPS) is 11.6. The molecule has 0 aliphatic rings. The molecular weight excluding hydrogens is 340 g/mol. The quantitative estimate of drug-likeness (QED) is 0.720. The van der Waals surface area contributed by atoms with Crippen LogP contribution >= 0.6 is 0 Å². The van der Waals surface area contributed by atoms with Crippen molar-refractivity contribution < 1.29 is 4.74 Å². The van der Waals surface area contributed by atoms with Crippen LogP contribution in [0.2, 0.25) is 0 Å². The van der Waals surface area contributed by atoms with Gasteiger partial charge in [-0.1, -0.05) is 26.8 Å². The van der Waals surface area contributed by atoms with Crippen LogP contribution in [0.1, 0.15) is 43.7 Å². The minimum Gasteiger partial charge on any atom is -0.378 e. The van der Waals surface area contributed by atoms with Gasteiger partial charge in [0.2, 0.25) is 0 Å². The fourth-order valence-corrected chi connectivity index (χ4v) is 2.62. The number of methoxy groups -OCH3 is 1. The third kappa shape index (κ3) is 4.68. The molecule has 3 heterocycles. The second-order valence-electron chi connectivity index (χ2n) is 7.47. The van der Waals surface area contributed by atoms with E-state index in [-0.39, 0.29) is 5.41 Å². The summed E-state index contributed by atoms with van der Waals surface area (Å²) in [6, 6.07) is 5.97. The highest BCUT2D eigenvalue weighted by Crippen LogP contribution is 2.21. The van der Waals surface area contributed by atoms with Crippen LogP contribution in [0.15, 0.2) is 36.8 Å². The van der Waals surface area contributed by atoms with Gasteiger partial charge >= 0.3 is 0 Å². The largest absolute Gasteiger partial charge is 0.378 e. The van der Waals surface area contributed by atoms with Crippen molar-refractivity contribution in [1.29, 1.82) is 0 Å². The number of aromatic nitrogens is 5. The highest BCUT2D eigenvalue weighted by Gasteiger charge is 2.19. The smallest absolute Gasteiger partial charge is 0.137 e. The fourth-order valence-electron chi connectivity index (χ4n) is 2.62. The molecule has 0 radical (unpaired) electrons. The Hall–Kier alpha value is -2.80. The number of nitrogens with one attached hydrogen (secondary N) is 1. The number of imidazole rings is 1. The van der Waals surface area contributed by atoms with E-state index in [0.29, 0.717) is 13.2 Å². The molecule has 0 saturated heterocycles. The molecule has 0 atom stereocenters. The number of rotatable bonds is 6. The van der Waals surface area contributed by atoms with Gasteiger partial charge in [0, 0.05) is 43.7 Å². The minimum atomic E-state index is -0.133. The molecule has 3 aromatic rings. The Morgan fingerprint density at radius 2 is 1.96 bits per heavy atom. The first-order valence-corrected chi connectivity index (χ1v) is 8.93. The molecule has 0 aromatic carbocycles. The fraction of sp³-hybridized carbons (Fsp3) is 0.400. The van der Waals surface area contributed by atoms with Gasteiger partial charge < -0.3 is 10.1 Å². The van der Waals surface area contributed by atoms with Crippen LogP contribution in [0.5, 0.6) is 0 Å². The summed E-state index contributed by atoms with van der Waals surface area (Å²) in [7, 11) is 1.67. The summed E-state index contributed by atoms with van der Waals surface area (Å²) >= 11 is 0. The van der Waals surface area contributed by atoms with Crippen molar-refractivity contribution >= 4 is 5.82 Å². The topological polar surface area (TPSA) is 77.8 Å². The Morgan fingerprint density at radius 1 is 1.15 bits per heavy atom. The third-order valence-corrected chi connectivity index (χ3v) is 4.10. The average molecular weight is 366 g/mol. The van der Waals surface area contributed by atoms with Crippen molar-refractivity contribution in [3.05, 3.63) is 59.7 Å². The summed E-state index contributed by atoms with van der Waals surface area (Å²) < 4.78 is 7.19. The van der Waals surface area contributed by atoms with Gasteiger partial charge in [-0.25, -0.2) is 19.9 Å². The Morgan fingerprint density at radius 3 is 2.56 bits per heavy atom. The van der Waals surface area contributed by atoms with Crippen LogP contribution in [-0.2, 0) is 23.3 Å². The zero-order valence-corrected chi connectivity index (χ0v) is 16.5. The number of ether oxygens (including phenoxy) is 1. The molecular formula is C20H26N6O. The molecule has 0 saturated carbocycles. The lowest BCUT2D eigenvalue weighted by Crippen LogP contribution is -2.18. The van der Waals surface area contributed by atoms with Crippen LogP contribution in [-0.4, -0.2) is 31.6 Å². The lowest BCUT2D eigenvalue weighted by molar-refractivity contribution is 0.181. The first kappa shape index (κ1) is 19.0. The summed E-state index contributed by atoms with van der Waals surface area (Å²) in [5.74, 6) is 3.35. The number of anilines is 1. The summed E-state index contributed by atoms with van der Waals surface area (Å²) in [4.78, 5) is 18.0. The van der Waals surface area contributed by atoms with Crippen molar-refractivity contribution in [2.24, 2.45) is 0 Å². The molecule has 27 heavy (non-hydrogen) atoms. The molecule has 0 aliphatic heterocycles. The number of hydrogen-bond donors (Lipinski definition) is 1. The van der Waals surface area contributed by atoms with E-state index in [1.807, 2.05) is 36.0 Å². The first-order valence-electron chi connectivity index (χ1n) is 8.93. The van der Waals surface area contributed by atoms with Crippen LogP contribution in [0.25, 0.3) is 5.82 Å². The summed E-state index contributed by atoms with van der Waals surface area (Å²) in [6.07, 6.45) is 5.54. The average Bonchev–Trinajstić information content (AvgIpc) is 3.06. The summed E-state index contributed by atoms with van der Waals surface area (Å²) in [5.41, 5.74) is 1.80. The molecule has 7 nitrogen and oxygen atoms in total. The lowest BCUT2D eigenvalue weighted by Gasteiger charge is -2.19. The molecule has 0 aliphatic carbocycles. The number of nitrogens with zero attached hydrogens (tertiary/aromatic N) is 5. The van der Waals surface area contributed by atoms with E-state index in [2.05, 4.69) is 52.1 Å². The molecule has 0 fully saturated rings. The van der Waals surface area contributed by atoms with Gasteiger partial charge in [0.05, 0.1) is 12.3 Å². The zero-order valence-electron chi connectivity index (χ0n) is 16.5. The van der Waals surface area contributed by atoms with Crippen molar-refractivity contribution in [3.8, 4) is 5.82 Å². The summed E-state index contributed by atoms with van der Waals surface area (Å²) in [6.45, 7) is 9.34. The van der Waals surface area contributed by atoms with E-state index >= 15 is 0 Å². The van der Waals surface area contributed by atoms with Gasteiger partial charge in [-0.15, -0.1) is 0 Å². The van der Waals surface area contributed by atoms with Gasteiger partial charge in [0.15, 0.2) is 0 Å². The van der Waals surface area contributed by atoms with Crippen LogP contribution < -0.4 is 5.32 Å². The van der Waals surface area contributed by atoms with E-state index in [1.165, 1.54) is 0 Å². The minimum absolute atomic E-state index is 0.133. The van der Waals surface area contributed by atoms with Gasteiger partial charge in [-0.3, -0.25) is 4.57 Å². The molecule has 0 spiro atoms. The van der Waals surface area contributed by atoms with Gasteiger partial charge in [0.1, 0.15) is 23.3 Å². The molecule has 3 aromatic heterocycles. The van der Waals surface area contributed by atoms with Crippen LogP contribution in [0.3, 0.4) is 0 Å². The van der Waals surface area contributed by atoms with E-state index in [0.717, 1.165) is 34.5 Å². The number of aryl methyl sites for hydroxylation is 1. The van der Waals surface area contributed by atoms with Gasteiger partial charge in [-0.05, 0) is 18.6 Å². The SMILES string of the molecule is COCc1cc(NCc2ccc(-n3ccnc3C)nc2)nc(C(C)(C)C)n1. The highest BCUT2D eigenvalue weighted by atomic mass is 16.5. The second kappa shape index (κ2) is 7.84. The maximum atomic E-state index is 5.24. The second-order valence-corrected chi connectivity index (χ2v) is 7.47. The summed E-state index contributed by atoms with van der Waals surface area (Å²) in [5, 5.41) is 3.37. The molecule has 0 amide bonds. The van der Waals surface area contributed by atoms with Crippen molar-refractivity contribution in [2.75, 3.05) is 12.4 Å². The molecule has 3 rings (SSSR count). The zero-order chi connectivity index (χ0) is 19.4. The molecule has 0 unspecified atom stereocenters. The van der Waals surface area contributed by atoms with E-state index in [1.54, 1.807) is 13.3 Å². The Kier molecular flexibility index (Phi) is 5.51. The van der Waals surface area contributed by atoms with Gasteiger partial charge in [0.25, 0.3) is 0 Å². The number of pyridine rings is 1. The van der Waals surface area contributed by atoms with Crippen molar-refractivity contribution in [1.82, 2.24) is 24.5 Å². The highest BCUT2D eigenvalue weighted by molar-refractivity contribution is 5.38. The van der Waals surface area contributed by atoms with Crippen molar-refractivity contribution in [2.45, 2.75) is 46.3 Å². The maximum absolute atomic E-state index is 5.24. The van der Waals surface area contributed by atoms with Gasteiger partial charge in [-0.2, -0.15) is 0 Å². The monoisotopic (exact) mass is 366 g/mol. The predicted octanol–water partition coefficient (Wildman–Crippen LogP) is 3.42. The molecule has 1 N–H and O–H groups in total. The lowest BCUT2D eigenvalue weighted by atomic mass is 9.95.